The van der Waals surface area contributed by atoms with Crippen molar-refractivity contribution < 1.29 is 167 Å². The van der Waals surface area contributed by atoms with Crippen molar-refractivity contribution in [2.24, 2.45) is 11.8 Å². The van der Waals surface area contributed by atoms with Gasteiger partial charge in [-0.3, -0.25) is 14.4 Å². The number of esters is 3. The van der Waals surface area contributed by atoms with Crippen LogP contribution in [0.4, 0.5) is 0 Å². The lowest BCUT2D eigenvalue weighted by Gasteiger charge is -2.50. The second-order valence-corrected chi connectivity index (χ2v) is 25.9. The topological polar surface area (TPSA) is 513 Å². The molecule has 34 nitrogen and oxygen atoms in total. The highest BCUT2D eigenvalue weighted by Crippen LogP contribution is 2.38. The van der Waals surface area contributed by atoms with Gasteiger partial charge in [-0.1, -0.05) is 45.4 Å². The summed E-state index contributed by atoms with van der Waals surface area (Å²) in [6.45, 7) is 11.4. The summed E-state index contributed by atoms with van der Waals surface area (Å²) in [5, 5.41) is 177. The van der Waals surface area contributed by atoms with Crippen molar-refractivity contribution >= 4 is 17.9 Å². The molecule has 0 saturated carbocycles. The Hall–Kier alpha value is -2.71. The Kier molecular flexibility index (Phi) is 31.9. The zero-order valence-corrected chi connectivity index (χ0v) is 55.3. The number of hydrogen-bond acceptors (Lipinski definition) is 34. The summed E-state index contributed by atoms with van der Waals surface area (Å²) in [4.78, 5) is 37.6. The van der Waals surface area contributed by atoms with Gasteiger partial charge in [0, 0.05) is 0 Å². The van der Waals surface area contributed by atoms with E-state index in [0.717, 1.165) is 12.8 Å². The minimum atomic E-state index is -2.11. The van der Waals surface area contributed by atoms with E-state index in [1.54, 1.807) is 0 Å². The molecule has 36 atom stereocenters. The maximum Gasteiger partial charge on any atom is 0.312 e. The van der Waals surface area contributed by atoms with Crippen LogP contribution in [0.2, 0.25) is 0 Å². The van der Waals surface area contributed by atoms with Gasteiger partial charge in [0.1, 0.15) is 122 Å². The second-order valence-electron chi connectivity index (χ2n) is 25.9. The summed E-state index contributed by atoms with van der Waals surface area (Å²) in [7, 11) is 1.24. The summed E-state index contributed by atoms with van der Waals surface area (Å²) in [6, 6.07) is 0. The molecule has 0 amide bonds. The lowest BCUT2D eigenvalue weighted by atomic mass is 9.95. The van der Waals surface area contributed by atoms with Crippen LogP contribution < -0.4 is 0 Å². The fourth-order valence-corrected chi connectivity index (χ4v) is 11.9. The van der Waals surface area contributed by atoms with Gasteiger partial charge in [0.2, 0.25) is 0 Å². The average Bonchev–Trinajstić information content (AvgIpc) is 0.781. The second kappa shape index (κ2) is 37.3. The summed E-state index contributed by atoms with van der Waals surface area (Å²) in [5.74, 6) is -4.36. The van der Waals surface area contributed by atoms with Crippen molar-refractivity contribution in [1.82, 2.24) is 0 Å². The van der Waals surface area contributed by atoms with Crippen LogP contribution in [-0.4, -0.2) is 329 Å². The Bertz CT molecular complexity index is 2300. The molecule has 6 aliphatic rings. The highest BCUT2D eigenvalue weighted by atomic mass is 16.8. The maximum absolute atomic E-state index is 13.4. The fraction of sp³-hybridized carbons (Fsp3) is 0.951. The lowest BCUT2D eigenvalue weighted by Crippen LogP contribution is -2.67. The molecule has 95 heavy (non-hydrogen) atoms. The van der Waals surface area contributed by atoms with Gasteiger partial charge in [-0.25, -0.2) is 0 Å². The largest absolute Gasteiger partial charge is 0.469 e. The van der Waals surface area contributed by atoms with E-state index in [1.807, 2.05) is 6.92 Å². The molecule has 6 fully saturated rings. The molecule has 0 aromatic rings. The normalized spacial score (nSPS) is 43.0. The van der Waals surface area contributed by atoms with Gasteiger partial charge in [0.25, 0.3) is 0 Å². The molecule has 6 heterocycles. The van der Waals surface area contributed by atoms with Crippen molar-refractivity contribution in [2.75, 3.05) is 20.3 Å². The van der Waals surface area contributed by atoms with E-state index in [9.17, 15) is 96.1 Å². The van der Waals surface area contributed by atoms with Crippen LogP contribution in [0.1, 0.15) is 127 Å². The molecule has 16 N–H and O–H groups in total. The van der Waals surface area contributed by atoms with Crippen molar-refractivity contribution in [3.05, 3.63) is 0 Å². The molecule has 6 aliphatic heterocycles. The average molecular weight is 1380 g/mol. The van der Waals surface area contributed by atoms with E-state index < -0.39 is 252 Å². The zero-order chi connectivity index (χ0) is 70.6. The number of methoxy groups -OCH3 is 1. The van der Waals surface area contributed by atoms with E-state index in [4.69, 9.17) is 66.3 Å². The first kappa shape index (κ1) is 81.3. The minimum Gasteiger partial charge on any atom is -0.469 e. The third-order valence-electron chi connectivity index (χ3n) is 18.6. The molecule has 0 aromatic carbocycles. The molecule has 0 bridgehead atoms. The standard InChI is InChI=1S/C61H106O34/c1-11-17-32(19-16-14-12-13-15-18-31(64)20-35(65)81-10)88-60-52(43(73)40(70)34(90-60)22-82-56-47(77)50(37(67)28(7)84-56)91-55(80)24(3)26(5)83-54(79)23(2)25(4)63)95-61-53(42(72)39(69)33(21-62)89-61)94-58-46(76)44(74)49(30(9)87-58)92-59-48(78)51(38(68)29(8)86-59)93-57-45(75)41(71)36(66)27(6)85-57/h23-34,36-53,56-64,66-78H,11-22H2,1-10H3/t23-,24-,25-,26-,27+,28+,29-,30+,31+,32+,33-,34-,36+,37+,38-,39-,40-,41-,42+,43+,44+,45-,46-,47-,48-,49+,50-,51+,52-,53-,56-,57+,58+,59+,60-,61+/m1/s1. The molecule has 6 saturated heterocycles. The molecular formula is C61H106O34. The number of rotatable bonds is 32. The fourth-order valence-electron chi connectivity index (χ4n) is 11.9. The smallest absolute Gasteiger partial charge is 0.312 e. The first-order valence-corrected chi connectivity index (χ1v) is 32.9. The van der Waals surface area contributed by atoms with Gasteiger partial charge in [-0.05, 0) is 74.7 Å². The number of aliphatic hydroxyl groups is 16. The molecule has 0 aliphatic carbocycles. The Labute approximate surface area is 550 Å². The third-order valence-corrected chi connectivity index (χ3v) is 18.6. The first-order chi connectivity index (χ1) is 44.8. The van der Waals surface area contributed by atoms with Crippen LogP contribution in [0.15, 0.2) is 0 Å². The van der Waals surface area contributed by atoms with Crippen LogP contribution in [0, 0.1) is 11.8 Å². The highest BCUT2D eigenvalue weighted by molar-refractivity contribution is 5.75. The SMILES string of the molecule is CCC[C@@H](CCCCCCC[C@H](O)CC(=O)OC)O[C@@H]1O[C@H](CO[C@@H]2O[C@@H](C)[C@H](O)[C@@H](OC(=O)[C@H](C)[C@@H](C)OC(=O)[C@H](C)[C@@H](C)O)[C@H]2O)[C@@H](O)[C@H](O)[C@H]1O[C@@H]1O[C@H](CO)[C@@H](O)[C@H](O)[C@H]1O[C@@H]1O[C@@H](C)[C@H](O[C@@H]2O[C@H](C)[C@@H](O)[C@H](O[C@@H]3O[C@@H](C)[C@H](O)[C@@H](O)[C@H]3O)[C@H]2O)[C@@H](O)[C@H]1O. The van der Waals surface area contributed by atoms with Crippen LogP contribution in [-0.2, 0) is 85.4 Å². The number of carbonyl (C=O) groups excluding carboxylic acids is 3. The van der Waals surface area contributed by atoms with Crippen LogP contribution in [0.25, 0.3) is 0 Å². The quantitative estimate of drug-likeness (QED) is 0.0170. The van der Waals surface area contributed by atoms with Gasteiger partial charge in [0.15, 0.2) is 43.8 Å². The Morgan fingerprint density at radius 1 is 0.442 bits per heavy atom. The molecule has 34 heteroatoms. The summed E-state index contributed by atoms with van der Waals surface area (Å²) in [6.07, 6.45) is -50.2. The number of aliphatic hydroxyl groups excluding tert-OH is 16. The molecule has 0 unspecified atom stereocenters. The molecule has 6 rings (SSSR count). The van der Waals surface area contributed by atoms with Crippen LogP contribution >= 0.6 is 0 Å². The Morgan fingerprint density at radius 2 is 0.916 bits per heavy atom. The van der Waals surface area contributed by atoms with Gasteiger partial charge < -0.3 is 153 Å². The van der Waals surface area contributed by atoms with Crippen molar-refractivity contribution in [2.45, 2.75) is 335 Å². The van der Waals surface area contributed by atoms with E-state index in [0.29, 0.717) is 44.9 Å². The van der Waals surface area contributed by atoms with E-state index in [2.05, 4.69) is 4.74 Å². The molecule has 0 aromatic heterocycles. The summed E-state index contributed by atoms with van der Waals surface area (Å²) in [5.41, 5.74) is 0. The summed E-state index contributed by atoms with van der Waals surface area (Å²) < 4.78 is 87.7. The Balaban J connectivity index is 1.19. The predicted molar refractivity (Wildman–Crippen MR) is 315 cm³/mol. The zero-order valence-electron chi connectivity index (χ0n) is 55.3. The molecular weight excluding hydrogens is 1280 g/mol. The van der Waals surface area contributed by atoms with Gasteiger partial charge >= 0.3 is 17.9 Å². The van der Waals surface area contributed by atoms with Gasteiger partial charge in [-0.2, -0.15) is 0 Å². The number of hydrogen-bond donors (Lipinski definition) is 16. The predicted octanol–water partition coefficient (Wildman–Crippen LogP) is -5.01. The molecule has 554 valence electrons. The van der Waals surface area contributed by atoms with E-state index in [1.165, 1.54) is 62.5 Å². The molecule has 0 spiro atoms. The highest BCUT2D eigenvalue weighted by Gasteiger charge is 2.57. The van der Waals surface area contributed by atoms with Crippen molar-refractivity contribution in [3.8, 4) is 0 Å². The Morgan fingerprint density at radius 3 is 1.52 bits per heavy atom. The summed E-state index contributed by atoms with van der Waals surface area (Å²) >= 11 is 0. The number of unbranched alkanes of at least 4 members (excludes halogenated alkanes) is 4. The minimum absolute atomic E-state index is 0.126. The maximum atomic E-state index is 13.4. The molecule has 0 radical (unpaired) electrons. The van der Waals surface area contributed by atoms with E-state index in [-0.39, 0.29) is 6.42 Å². The number of carbonyl (C=O) groups is 3. The van der Waals surface area contributed by atoms with Crippen LogP contribution in [0.3, 0.4) is 0 Å². The first-order valence-electron chi connectivity index (χ1n) is 32.9. The monoisotopic (exact) mass is 1380 g/mol. The third kappa shape index (κ3) is 20.7. The lowest BCUT2D eigenvalue weighted by molar-refractivity contribution is -0.402. The van der Waals surface area contributed by atoms with Crippen LogP contribution in [0.5, 0.6) is 0 Å². The van der Waals surface area contributed by atoms with Gasteiger partial charge in [-0.15, -0.1) is 0 Å². The van der Waals surface area contributed by atoms with Crippen molar-refractivity contribution in [3.63, 3.8) is 0 Å². The number of ether oxygens (including phenoxy) is 15. The van der Waals surface area contributed by atoms with Crippen molar-refractivity contribution in [1.29, 1.82) is 0 Å². The van der Waals surface area contributed by atoms with Gasteiger partial charge in [0.05, 0.1) is 81.3 Å². The van der Waals surface area contributed by atoms with E-state index >= 15 is 0 Å².